The third kappa shape index (κ3) is 10.9. The molecular formula is C24H39NO2. The van der Waals surface area contributed by atoms with Gasteiger partial charge in [-0.05, 0) is 12.0 Å². The average Bonchev–Trinajstić information content (AvgIpc) is 2.66. The Morgan fingerprint density at radius 3 is 1.63 bits per heavy atom. The number of carbonyl (C=O) groups excluding carboxylic acids is 2. The molecule has 27 heavy (non-hydrogen) atoms. The monoisotopic (exact) mass is 373 g/mol. The fourth-order valence-electron chi connectivity index (χ4n) is 3.62. The number of primary amides is 1. The van der Waals surface area contributed by atoms with Gasteiger partial charge in [-0.3, -0.25) is 9.59 Å². The van der Waals surface area contributed by atoms with Gasteiger partial charge < -0.3 is 5.73 Å². The van der Waals surface area contributed by atoms with E-state index in [0.29, 0.717) is 12.0 Å². The maximum atomic E-state index is 12.4. The number of amides is 1. The Labute approximate surface area is 166 Å². The number of benzene rings is 1. The van der Waals surface area contributed by atoms with Gasteiger partial charge in [-0.2, -0.15) is 0 Å². The summed E-state index contributed by atoms with van der Waals surface area (Å²) >= 11 is 0. The van der Waals surface area contributed by atoms with Crippen LogP contribution in [0.2, 0.25) is 0 Å². The molecule has 1 rings (SSSR count). The molecule has 0 aliphatic heterocycles. The Morgan fingerprint density at radius 2 is 1.19 bits per heavy atom. The number of ketones is 1. The minimum absolute atomic E-state index is 0.0447. The number of hydrogen-bond acceptors (Lipinski definition) is 2. The zero-order chi connectivity index (χ0) is 19.7. The van der Waals surface area contributed by atoms with E-state index in [2.05, 4.69) is 6.92 Å². The highest BCUT2D eigenvalue weighted by Crippen LogP contribution is 2.20. The first-order valence-electron chi connectivity index (χ1n) is 11.0. The van der Waals surface area contributed by atoms with Crippen molar-refractivity contribution in [3.8, 4) is 0 Å². The number of unbranched alkanes of at least 4 members (excludes halogenated alkanes) is 12. The number of rotatable bonds is 17. The highest BCUT2D eigenvalue weighted by Gasteiger charge is 2.25. The summed E-state index contributed by atoms with van der Waals surface area (Å²) in [6, 6.07) is 9.15. The minimum Gasteiger partial charge on any atom is -0.369 e. The van der Waals surface area contributed by atoms with Gasteiger partial charge in [0.25, 0.3) is 0 Å². The van der Waals surface area contributed by atoms with Gasteiger partial charge in [0.1, 0.15) is 11.7 Å². The number of Topliss-reactive ketones (excluding diaryl/α,β-unsaturated/α-hetero) is 1. The van der Waals surface area contributed by atoms with E-state index in [1.165, 1.54) is 70.6 Å². The lowest BCUT2D eigenvalue weighted by atomic mass is 9.91. The molecule has 1 unspecified atom stereocenters. The SMILES string of the molecule is CCCCCCCCCCCCCCCC(=O)C(C(N)=O)c1ccccc1. The molecule has 0 radical (unpaired) electrons. The summed E-state index contributed by atoms with van der Waals surface area (Å²) < 4.78 is 0. The predicted molar refractivity (Wildman–Crippen MR) is 114 cm³/mol. The summed E-state index contributed by atoms with van der Waals surface area (Å²) in [6.45, 7) is 2.26. The molecule has 0 bridgehead atoms. The van der Waals surface area contributed by atoms with Crippen LogP contribution in [0.3, 0.4) is 0 Å². The molecule has 1 aromatic rings. The summed E-state index contributed by atoms with van der Waals surface area (Å²) in [6.07, 6.45) is 17.1. The van der Waals surface area contributed by atoms with E-state index < -0.39 is 11.8 Å². The smallest absolute Gasteiger partial charge is 0.232 e. The van der Waals surface area contributed by atoms with E-state index in [1.807, 2.05) is 18.2 Å². The van der Waals surface area contributed by atoms with Crippen LogP contribution in [-0.2, 0) is 9.59 Å². The maximum absolute atomic E-state index is 12.4. The van der Waals surface area contributed by atoms with Gasteiger partial charge in [0.05, 0.1) is 0 Å². The lowest BCUT2D eigenvalue weighted by Crippen LogP contribution is -2.28. The van der Waals surface area contributed by atoms with Crippen molar-refractivity contribution >= 4 is 11.7 Å². The fraction of sp³-hybridized carbons (Fsp3) is 0.667. The first-order chi connectivity index (χ1) is 13.2. The van der Waals surface area contributed by atoms with E-state index >= 15 is 0 Å². The molecule has 1 amide bonds. The second kappa shape index (κ2) is 15.4. The van der Waals surface area contributed by atoms with Crippen molar-refractivity contribution in [1.82, 2.24) is 0 Å². The van der Waals surface area contributed by atoms with E-state index in [-0.39, 0.29) is 5.78 Å². The van der Waals surface area contributed by atoms with Crippen molar-refractivity contribution in [2.75, 3.05) is 0 Å². The largest absolute Gasteiger partial charge is 0.369 e. The quantitative estimate of drug-likeness (QED) is 0.257. The van der Waals surface area contributed by atoms with E-state index in [4.69, 9.17) is 5.73 Å². The standard InChI is InChI=1S/C24H39NO2/c1-2-3-4-5-6-7-8-9-10-11-12-13-17-20-22(26)23(24(25)27)21-18-15-14-16-19-21/h14-16,18-19,23H,2-13,17,20H2,1H3,(H2,25,27). The summed E-state index contributed by atoms with van der Waals surface area (Å²) in [5.74, 6) is -1.37. The average molecular weight is 374 g/mol. The first-order valence-corrected chi connectivity index (χ1v) is 11.0. The van der Waals surface area contributed by atoms with Crippen LogP contribution in [0.15, 0.2) is 30.3 Å². The van der Waals surface area contributed by atoms with Gasteiger partial charge in [-0.25, -0.2) is 0 Å². The molecule has 3 nitrogen and oxygen atoms in total. The van der Waals surface area contributed by atoms with E-state index in [1.54, 1.807) is 12.1 Å². The Balaban J connectivity index is 2.04. The zero-order valence-corrected chi connectivity index (χ0v) is 17.3. The molecule has 2 N–H and O–H groups in total. The fourth-order valence-corrected chi connectivity index (χ4v) is 3.62. The van der Waals surface area contributed by atoms with Crippen LogP contribution in [0.5, 0.6) is 0 Å². The van der Waals surface area contributed by atoms with Crippen LogP contribution in [0.1, 0.15) is 108 Å². The molecular weight excluding hydrogens is 334 g/mol. The van der Waals surface area contributed by atoms with Gasteiger partial charge in [0.2, 0.25) is 5.91 Å². The van der Waals surface area contributed by atoms with Crippen LogP contribution in [-0.4, -0.2) is 11.7 Å². The molecule has 0 fully saturated rings. The Bertz CT molecular complexity index is 512. The summed E-state index contributed by atoms with van der Waals surface area (Å²) in [5, 5.41) is 0. The van der Waals surface area contributed by atoms with Crippen molar-refractivity contribution in [2.24, 2.45) is 5.73 Å². The number of carbonyl (C=O) groups is 2. The van der Waals surface area contributed by atoms with E-state index in [9.17, 15) is 9.59 Å². The van der Waals surface area contributed by atoms with Gasteiger partial charge >= 0.3 is 0 Å². The van der Waals surface area contributed by atoms with Crippen LogP contribution in [0.4, 0.5) is 0 Å². The van der Waals surface area contributed by atoms with Crippen molar-refractivity contribution in [3.05, 3.63) is 35.9 Å². The zero-order valence-electron chi connectivity index (χ0n) is 17.3. The first kappa shape index (κ1) is 23.4. The topological polar surface area (TPSA) is 60.2 Å². The lowest BCUT2D eigenvalue weighted by Gasteiger charge is -2.12. The second-order valence-electron chi connectivity index (χ2n) is 7.71. The van der Waals surface area contributed by atoms with Gasteiger partial charge in [-0.1, -0.05) is 114 Å². The Kier molecular flexibility index (Phi) is 13.4. The van der Waals surface area contributed by atoms with Crippen LogP contribution in [0.25, 0.3) is 0 Å². The summed E-state index contributed by atoms with van der Waals surface area (Å²) in [7, 11) is 0. The molecule has 0 saturated heterocycles. The summed E-state index contributed by atoms with van der Waals surface area (Å²) in [5.41, 5.74) is 6.17. The molecule has 0 saturated carbocycles. The molecule has 0 heterocycles. The van der Waals surface area contributed by atoms with Gasteiger partial charge in [-0.15, -0.1) is 0 Å². The molecule has 1 atom stereocenters. The molecule has 0 aliphatic rings. The highest BCUT2D eigenvalue weighted by atomic mass is 16.2. The van der Waals surface area contributed by atoms with E-state index in [0.717, 1.165) is 12.8 Å². The van der Waals surface area contributed by atoms with Crippen molar-refractivity contribution in [2.45, 2.75) is 103 Å². The summed E-state index contributed by atoms with van der Waals surface area (Å²) in [4.78, 5) is 24.1. The predicted octanol–water partition coefficient (Wildman–Crippen LogP) is 6.31. The third-order valence-electron chi connectivity index (χ3n) is 5.27. The van der Waals surface area contributed by atoms with Crippen LogP contribution in [0, 0.1) is 0 Å². The lowest BCUT2D eigenvalue weighted by molar-refractivity contribution is -0.128. The highest BCUT2D eigenvalue weighted by molar-refractivity contribution is 6.05. The van der Waals surface area contributed by atoms with Crippen molar-refractivity contribution in [3.63, 3.8) is 0 Å². The maximum Gasteiger partial charge on any atom is 0.232 e. The van der Waals surface area contributed by atoms with Gasteiger partial charge in [0, 0.05) is 6.42 Å². The molecule has 0 aromatic heterocycles. The molecule has 152 valence electrons. The molecule has 0 aliphatic carbocycles. The Hall–Kier alpha value is -1.64. The molecule has 1 aromatic carbocycles. The van der Waals surface area contributed by atoms with Crippen LogP contribution < -0.4 is 5.73 Å². The Morgan fingerprint density at radius 1 is 0.741 bits per heavy atom. The van der Waals surface area contributed by atoms with Crippen molar-refractivity contribution < 1.29 is 9.59 Å². The second-order valence-corrected chi connectivity index (χ2v) is 7.71. The number of hydrogen-bond donors (Lipinski definition) is 1. The van der Waals surface area contributed by atoms with Crippen LogP contribution >= 0.6 is 0 Å². The molecule has 3 heteroatoms. The normalized spacial score (nSPS) is 12.0. The minimum atomic E-state index is -0.788. The third-order valence-corrected chi connectivity index (χ3v) is 5.27. The number of nitrogens with two attached hydrogens (primary N) is 1. The molecule has 0 spiro atoms. The van der Waals surface area contributed by atoms with Crippen molar-refractivity contribution in [1.29, 1.82) is 0 Å². The van der Waals surface area contributed by atoms with Gasteiger partial charge in [0.15, 0.2) is 0 Å².